The van der Waals surface area contributed by atoms with Gasteiger partial charge < -0.3 is 14.7 Å². The molecule has 0 radical (unpaired) electrons. The SMILES string of the molecule is CC1=C(C(=O)N2CCC[C@H]2c2cc(C)no2)[C@@H](c2ccc(Cl)c(Cl)c2)n2nc(C(F)(F)F)cc2N1. The summed E-state index contributed by atoms with van der Waals surface area (Å²) in [5, 5.41) is 11.2. The van der Waals surface area contributed by atoms with Crippen molar-refractivity contribution in [2.45, 2.75) is 44.9 Å². The number of benzene rings is 1. The largest absolute Gasteiger partial charge is 0.435 e. The molecule has 2 atom stereocenters. The van der Waals surface area contributed by atoms with Gasteiger partial charge in [0.25, 0.3) is 5.91 Å². The molecule has 1 amide bonds. The van der Waals surface area contributed by atoms with Crippen LogP contribution in [0.1, 0.15) is 54.6 Å². The Morgan fingerprint density at radius 2 is 1.94 bits per heavy atom. The molecule has 1 saturated heterocycles. The minimum absolute atomic E-state index is 0.117. The van der Waals surface area contributed by atoms with Crippen LogP contribution in [0.5, 0.6) is 0 Å². The van der Waals surface area contributed by atoms with Crippen molar-refractivity contribution in [1.82, 2.24) is 19.8 Å². The zero-order chi connectivity index (χ0) is 25.1. The standard InChI is InChI=1S/C23H20Cl2F3N5O2/c1-11-8-17(35-31-11)16-4-3-7-32(16)22(34)20-12(2)29-19-10-18(23(26,27)28)30-33(19)21(20)13-5-6-14(24)15(25)9-13/h5-6,8-10,16,21,29H,3-4,7H2,1-2H3/t16-,21+/m0/s1. The molecule has 1 fully saturated rings. The van der Waals surface area contributed by atoms with Crippen LogP contribution < -0.4 is 5.32 Å². The molecule has 5 rings (SSSR count). The van der Waals surface area contributed by atoms with Gasteiger partial charge in [-0.2, -0.15) is 18.3 Å². The number of aromatic nitrogens is 3. The first-order valence-electron chi connectivity index (χ1n) is 10.9. The Labute approximate surface area is 208 Å². The lowest BCUT2D eigenvalue weighted by atomic mass is 9.94. The molecule has 1 aromatic carbocycles. The summed E-state index contributed by atoms with van der Waals surface area (Å²) in [6.07, 6.45) is -3.22. The number of amides is 1. The fourth-order valence-electron chi connectivity index (χ4n) is 4.68. The topological polar surface area (TPSA) is 76.2 Å². The molecule has 1 N–H and O–H groups in total. The first-order chi connectivity index (χ1) is 16.5. The van der Waals surface area contributed by atoms with Crippen molar-refractivity contribution < 1.29 is 22.5 Å². The van der Waals surface area contributed by atoms with E-state index in [2.05, 4.69) is 15.6 Å². The van der Waals surface area contributed by atoms with Crippen LogP contribution in [0.25, 0.3) is 0 Å². The number of aryl methyl sites for hydroxylation is 1. The zero-order valence-corrected chi connectivity index (χ0v) is 20.2. The quantitative estimate of drug-likeness (QED) is 0.443. The van der Waals surface area contributed by atoms with Crippen LogP contribution >= 0.6 is 23.2 Å². The molecule has 3 aromatic rings. The van der Waals surface area contributed by atoms with Crippen molar-refractivity contribution in [3.8, 4) is 0 Å². The van der Waals surface area contributed by atoms with Crippen LogP contribution in [0.4, 0.5) is 19.0 Å². The van der Waals surface area contributed by atoms with Crippen molar-refractivity contribution in [1.29, 1.82) is 0 Å². The van der Waals surface area contributed by atoms with Gasteiger partial charge in [0.1, 0.15) is 11.9 Å². The second-order valence-electron chi connectivity index (χ2n) is 8.62. The number of nitrogens with zero attached hydrogens (tertiary/aromatic N) is 4. The van der Waals surface area contributed by atoms with E-state index in [0.717, 1.165) is 12.5 Å². The number of anilines is 1. The van der Waals surface area contributed by atoms with Crippen LogP contribution in [0, 0.1) is 6.92 Å². The molecule has 2 aromatic heterocycles. The van der Waals surface area contributed by atoms with Gasteiger partial charge in [-0.05, 0) is 44.4 Å². The van der Waals surface area contributed by atoms with Gasteiger partial charge in [0.15, 0.2) is 11.5 Å². The van der Waals surface area contributed by atoms with E-state index in [1.807, 2.05) is 0 Å². The number of allylic oxidation sites excluding steroid dienone is 1. The third-order valence-corrected chi connectivity index (χ3v) is 6.98. The average Bonchev–Trinajstić information content (AvgIpc) is 3.52. The zero-order valence-electron chi connectivity index (χ0n) is 18.7. The van der Waals surface area contributed by atoms with E-state index in [1.54, 1.807) is 43.0 Å². The van der Waals surface area contributed by atoms with Gasteiger partial charge in [0, 0.05) is 24.4 Å². The Kier molecular flexibility index (Phi) is 5.83. The van der Waals surface area contributed by atoms with Crippen molar-refractivity contribution >= 4 is 34.9 Å². The Bertz CT molecular complexity index is 1350. The summed E-state index contributed by atoms with van der Waals surface area (Å²) >= 11 is 12.3. The molecule has 0 unspecified atom stereocenters. The summed E-state index contributed by atoms with van der Waals surface area (Å²) in [6.45, 7) is 3.92. The van der Waals surface area contributed by atoms with E-state index in [0.29, 0.717) is 35.7 Å². The minimum atomic E-state index is -4.66. The predicted molar refractivity (Wildman–Crippen MR) is 123 cm³/mol. The first kappa shape index (κ1) is 23.7. The molecule has 4 heterocycles. The molecule has 7 nitrogen and oxygen atoms in total. The highest BCUT2D eigenvalue weighted by Crippen LogP contribution is 2.43. The monoisotopic (exact) mass is 525 g/mol. The number of carbonyl (C=O) groups is 1. The van der Waals surface area contributed by atoms with Crippen molar-refractivity contribution in [3.63, 3.8) is 0 Å². The molecule has 0 bridgehead atoms. The van der Waals surface area contributed by atoms with Gasteiger partial charge in [-0.25, -0.2) is 4.68 Å². The van der Waals surface area contributed by atoms with E-state index >= 15 is 0 Å². The molecule has 2 aliphatic rings. The van der Waals surface area contributed by atoms with Crippen LogP contribution in [0.2, 0.25) is 10.0 Å². The molecular weight excluding hydrogens is 506 g/mol. The van der Waals surface area contributed by atoms with Crippen LogP contribution in [0.15, 0.2) is 46.1 Å². The average molecular weight is 526 g/mol. The fraction of sp³-hybridized carbons (Fsp3) is 0.348. The van der Waals surface area contributed by atoms with E-state index < -0.39 is 17.9 Å². The summed E-state index contributed by atoms with van der Waals surface area (Å²) in [4.78, 5) is 15.7. The van der Waals surface area contributed by atoms with Crippen molar-refractivity contribution in [2.24, 2.45) is 0 Å². The second-order valence-corrected chi connectivity index (χ2v) is 9.44. The molecule has 0 spiro atoms. The Hall–Kier alpha value is -2.98. The summed E-state index contributed by atoms with van der Waals surface area (Å²) in [5.74, 6) is 0.351. The number of carbonyl (C=O) groups excluding carboxylic acids is 1. The summed E-state index contributed by atoms with van der Waals surface area (Å²) < 4.78 is 47.1. The highest BCUT2D eigenvalue weighted by atomic mass is 35.5. The highest BCUT2D eigenvalue weighted by molar-refractivity contribution is 6.42. The lowest BCUT2D eigenvalue weighted by molar-refractivity contribution is -0.141. The Morgan fingerprint density at radius 3 is 2.60 bits per heavy atom. The number of alkyl halides is 3. The van der Waals surface area contributed by atoms with Crippen LogP contribution in [-0.4, -0.2) is 32.3 Å². The molecule has 35 heavy (non-hydrogen) atoms. The van der Waals surface area contributed by atoms with Gasteiger partial charge in [-0.15, -0.1) is 0 Å². The van der Waals surface area contributed by atoms with E-state index in [4.69, 9.17) is 27.7 Å². The number of halogens is 5. The molecule has 12 heteroatoms. The van der Waals surface area contributed by atoms with Gasteiger partial charge in [-0.3, -0.25) is 4.79 Å². The number of nitrogens with one attached hydrogen (secondary N) is 1. The smallest absolute Gasteiger partial charge is 0.359 e. The van der Waals surface area contributed by atoms with Gasteiger partial charge in [0.2, 0.25) is 0 Å². The van der Waals surface area contributed by atoms with Crippen molar-refractivity contribution in [3.05, 3.63) is 74.4 Å². The van der Waals surface area contributed by atoms with Gasteiger partial charge >= 0.3 is 6.18 Å². The van der Waals surface area contributed by atoms with Gasteiger partial charge in [0.05, 0.1) is 27.4 Å². The fourth-order valence-corrected chi connectivity index (χ4v) is 4.98. The third kappa shape index (κ3) is 4.18. The lowest BCUT2D eigenvalue weighted by Gasteiger charge is -2.33. The molecule has 0 saturated carbocycles. The van der Waals surface area contributed by atoms with Crippen molar-refractivity contribution in [2.75, 3.05) is 11.9 Å². The van der Waals surface area contributed by atoms with E-state index in [-0.39, 0.29) is 33.4 Å². The predicted octanol–water partition coefficient (Wildman–Crippen LogP) is 6.16. The summed E-state index contributed by atoms with van der Waals surface area (Å²) in [5.41, 5.74) is 0.793. The maximum atomic E-state index is 14.0. The van der Waals surface area contributed by atoms with Crippen LogP contribution in [-0.2, 0) is 11.0 Å². The van der Waals surface area contributed by atoms with E-state index in [9.17, 15) is 18.0 Å². The summed E-state index contributed by atoms with van der Waals surface area (Å²) in [7, 11) is 0. The molecule has 0 aliphatic carbocycles. The molecule has 184 valence electrons. The Morgan fingerprint density at radius 1 is 1.17 bits per heavy atom. The lowest BCUT2D eigenvalue weighted by Crippen LogP contribution is -2.38. The van der Waals surface area contributed by atoms with Gasteiger partial charge in [-0.1, -0.05) is 34.4 Å². The normalized spacial score (nSPS) is 20.3. The number of fused-ring (bicyclic) bond motifs is 1. The maximum absolute atomic E-state index is 14.0. The summed E-state index contributed by atoms with van der Waals surface area (Å²) in [6, 6.07) is 6.14. The molecular formula is C23H20Cl2F3N5O2. The third-order valence-electron chi connectivity index (χ3n) is 6.24. The van der Waals surface area contributed by atoms with E-state index in [1.165, 1.54) is 4.68 Å². The highest BCUT2D eigenvalue weighted by Gasteiger charge is 2.42. The second kappa shape index (κ2) is 8.60. The number of likely N-dealkylation sites (tertiary alicyclic amines) is 1. The number of hydrogen-bond donors (Lipinski definition) is 1. The minimum Gasteiger partial charge on any atom is -0.359 e. The number of hydrogen-bond acceptors (Lipinski definition) is 5. The molecule has 2 aliphatic heterocycles. The maximum Gasteiger partial charge on any atom is 0.435 e. The van der Waals surface area contributed by atoms with Crippen LogP contribution in [0.3, 0.4) is 0 Å². The first-order valence-corrected chi connectivity index (χ1v) is 11.6. The number of rotatable bonds is 3. The Balaban J connectivity index is 1.62.